The van der Waals surface area contributed by atoms with Crippen molar-refractivity contribution in [3.63, 3.8) is 0 Å². The number of benzene rings is 1. The van der Waals surface area contributed by atoms with Gasteiger partial charge in [0.1, 0.15) is 5.60 Å². The Balaban J connectivity index is 0.00000420. The SMILES string of the molecule is CCNC(=NCc1ccc(CS(C)(=O)=O)cc1)NCC(C)(O)c1cnn(C)c1.I. The second-order valence-corrected chi connectivity index (χ2v) is 9.25. The van der Waals surface area contributed by atoms with E-state index < -0.39 is 15.4 Å². The summed E-state index contributed by atoms with van der Waals surface area (Å²) in [6.45, 7) is 5.09. The molecule has 1 atom stereocenters. The number of hydrogen-bond donors (Lipinski definition) is 3. The van der Waals surface area contributed by atoms with E-state index in [1.165, 1.54) is 6.26 Å². The smallest absolute Gasteiger partial charge is 0.191 e. The van der Waals surface area contributed by atoms with Gasteiger partial charge in [-0.1, -0.05) is 24.3 Å². The first-order valence-electron chi connectivity index (χ1n) is 9.08. The van der Waals surface area contributed by atoms with Gasteiger partial charge < -0.3 is 15.7 Å². The van der Waals surface area contributed by atoms with Crippen LogP contribution in [-0.2, 0) is 34.8 Å². The number of nitrogens with zero attached hydrogens (tertiary/aromatic N) is 3. The number of halogens is 1. The highest BCUT2D eigenvalue weighted by Gasteiger charge is 2.24. The third-order valence-corrected chi connectivity index (χ3v) is 5.00. The van der Waals surface area contributed by atoms with E-state index in [-0.39, 0.29) is 36.3 Å². The van der Waals surface area contributed by atoms with Gasteiger partial charge in [0.25, 0.3) is 0 Å². The number of aryl methyl sites for hydroxylation is 1. The van der Waals surface area contributed by atoms with Crippen LogP contribution in [0.4, 0.5) is 0 Å². The minimum Gasteiger partial charge on any atom is -0.383 e. The van der Waals surface area contributed by atoms with Crippen molar-refractivity contribution < 1.29 is 13.5 Å². The summed E-state index contributed by atoms with van der Waals surface area (Å²) >= 11 is 0. The average Bonchev–Trinajstić information content (AvgIpc) is 3.05. The molecule has 1 aromatic heterocycles. The van der Waals surface area contributed by atoms with Gasteiger partial charge in [-0.05, 0) is 25.0 Å². The van der Waals surface area contributed by atoms with E-state index in [4.69, 9.17) is 0 Å². The largest absolute Gasteiger partial charge is 0.383 e. The molecule has 29 heavy (non-hydrogen) atoms. The molecule has 1 aromatic carbocycles. The van der Waals surface area contributed by atoms with Crippen LogP contribution in [0.2, 0.25) is 0 Å². The highest BCUT2D eigenvalue weighted by atomic mass is 127. The molecule has 8 nitrogen and oxygen atoms in total. The molecule has 0 fully saturated rings. The zero-order valence-corrected chi connectivity index (χ0v) is 20.4. The molecule has 0 radical (unpaired) electrons. The summed E-state index contributed by atoms with van der Waals surface area (Å²) in [6, 6.07) is 7.36. The highest BCUT2D eigenvalue weighted by Crippen LogP contribution is 2.18. The maximum Gasteiger partial charge on any atom is 0.191 e. The van der Waals surface area contributed by atoms with Gasteiger partial charge in [-0.25, -0.2) is 13.4 Å². The van der Waals surface area contributed by atoms with Gasteiger partial charge in [0.15, 0.2) is 15.8 Å². The van der Waals surface area contributed by atoms with Crippen LogP contribution >= 0.6 is 24.0 Å². The molecular weight excluding hydrogens is 505 g/mol. The summed E-state index contributed by atoms with van der Waals surface area (Å²) in [5.41, 5.74) is 1.36. The Labute approximate surface area is 189 Å². The first kappa shape index (κ1) is 25.4. The van der Waals surface area contributed by atoms with Gasteiger partial charge in [-0.15, -0.1) is 24.0 Å². The first-order chi connectivity index (χ1) is 13.1. The van der Waals surface area contributed by atoms with Gasteiger partial charge >= 0.3 is 0 Å². The summed E-state index contributed by atoms with van der Waals surface area (Å²) in [5, 5.41) is 21.1. The predicted molar refractivity (Wildman–Crippen MR) is 126 cm³/mol. The molecule has 0 spiro atoms. The molecule has 0 amide bonds. The van der Waals surface area contributed by atoms with Gasteiger partial charge in [0.05, 0.1) is 25.0 Å². The van der Waals surface area contributed by atoms with Gasteiger partial charge in [-0.2, -0.15) is 5.10 Å². The summed E-state index contributed by atoms with van der Waals surface area (Å²) in [5.74, 6) is 0.622. The van der Waals surface area contributed by atoms with E-state index >= 15 is 0 Å². The van der Waals surface area contributed by atoms with Crippen molar-refractivity contribution in [2.24, 2.45) is 12.0 Å². The number of sulfone groups is 1. The zero-order valence-electron chi connectivity index (χ0n) is 17.2. The molecule has 0 aliphatic heterocycles. The molecule has 0 saturated carbocycles. The standard InChI is InChI=1S/C19H29N5O3S.HI/c1-5-20-18(22-14-19(2,25)17-11-23-24(3)12-17)21-10-15-6-8-16(9-7-15)13-28(4,26)27;/h6-9,11-12,25H,5,10,13-14H2,1-4H3,(H2,20,21,22);1H. The molecule has 0 bridgehead atoms. The van der Waals surface area contributed by atoms with Crippen molar-refractivity contribution in [2.75, 3.05) is 19.3 Å². The second-order valence-electron chi connectivity index (χ2n) is 7.11. The van der Waals surface area contributed by atoms with Crippen LogP contribution in [0.3, 0.4) is 0 Å². The van der Waals surface area contributed by atoms with Crippen LogP contribution in [0, 0.1) is 0 Å². The van der Waals surface area contributed by atoms with E-state index in [0.29, 0.717) is 19.0 Å². The molecule has 10 heteroatoms. The maximum absolute atomic E-state index is 11.4. The van der Waals surface area contributed by atoms with Crippen molar-refractivity contribution in [1.29, 1.82) is 0 Å². The number of rotatable bonds is 8. The number of aliphatic imine (C=N–C) groups is 1. The Hall–Kier alpha value is -1.66. The molecular formula is C19H30IN5O3S. The number of aromatic nitrogens is 2. The lowest BCUT2D eigenvalue weighted by molar-refractivity contribution is 0.0616. The molecule has 1 heterocycles. The Bertz CT molecular complexity index is 908. The minimum absolute atomic E-state index is 0. The summed E-state index contributed by atoms with van der Waals surface area (Å²) in [7, 11) is -1.24. The second kappa shape index (κ2) is 10.9. The fraction of sp³-hybridized carbons (Fsp3) is 0.474. The zero-order chi connectivity index (χ0) is 20.8. The number of guanidine groups is 1. The molecule has 0 saturated heterocycles. The maximum atomic E-state index is 11.4. The first-order valence-corrected chi connectivity index (χ1v) is 11.1. The lowest BCUT2D eigenvalue weighted by Gasteiger charge is -2.23. The molecule has 0 aliphatic carbocycles. The predicted octanol–water partition coefficient (Wildman–Crippen LogP) is 1.55. The van der Waals surface area contributed by atoms with Crippen molar-refractivity contribution in [1.82, 2.24) is 20.4 Å². The molecule has 162 valence electrons. The van der Waals surface area contributed by atoms with E-state index in [2.05, 4.69) is 20.7 Å². The number of nitrogens with one attached hydrogen (secondary N) is 2. The number of hydrogen-bond acceptors (Lipinski definition) is 5. The molecule has 1 unspecified atom stereocenters. The Morgan fingerprint density at radius 1 is 1.24 bits per heavy atom. The van der Waals surface area contributed by atoms with Crippen LogP contribution in [-0.4, -0.2) is 48.6 Å². The van der Waals surface area contributed by atoms with Gasteiger partial charge in [0.2, 0.25) is 0 Å². The minimum atomic E-state index is -3.04. The van der Waals surface area contributed by atoms with E-state index in [0.717, 1.165) is 16.7 Å². The third-order valence-electron chi connectivity index (χ3n) is 4.14. The van der Waals surface area contributed by atoms with Gasteiger partial charge in [-0.3, -0.25) is 4.68 Å². The quantitative estimate of drug-likeness (QED) is 0.269. The normalized spacial score (nSPS) is 14.0. The molecule has 2 aromatic rings. The Morgan fingerprint density at radius 3 is 2.38 bits per heavy atom. The fourth-order valence-electron chi connectivity index (χ4n) is 2.61. The topological polar surface area (TPSA) is 109 Å². The molecule has 0 aliphatic rings. The molecule has 2 rings (SSSR count). The van der Waals surface area contributed by atoms with E-state index in [1.807, 2.05) is 19.1 Å². The summed E-state index contributed by atoms with van der Waals surface area (Å²) in [6.07, 6.45) is 4.65. The Kier molecular flexibility index (Phi) is 9.56. The van der Waals surface area contributed by atoms with E-state index in [1.54, 1.807) is 43.2 Å². The van der Waals surface area contributed by atoms with Crippen LogP contribution in [0.1, 0.15) is 30.5 Å². The summed E-state index contributed by atoms with van der Waals surface area (Å²) in [4.78, 5) is 4.53. The number of aliphatic hydroxyl groups is 1. The molecule has 3 N–H and O–H groups in total. The van der Waals surface area contributed by atoms with Gasteiger partial charge in [0, 0.05) is 31.6 Å². The third kappa shape index (κ3) is 8.70. The van der Waals surface area contributed by atoms with Crippen LogP contribution < -0.4 is 10.6 Å². The van der Waals surface area contributed by atoms with E-state index in [9.17, 15) is 13.5 Å². The van der Waals surface area contributed by atoms with Crippen molar-refractivity contribution in [3.05, 3.63) is 53.3 Å². The lowest BCUT2D eigenvalue weighted by atomic mass is 10.00. The average molecular weight is 535 g/mol. The van der Waals surface area contributed by atoms with Crippen LogP contribution in [0.5, 0.6) is 0 Å². The fourth-order valence-corrected chi connectivity index (χ4v) is 3.41. The van der Waals surface area contributed by atoms with Crippen LogP contribution in [0.15, 0.2) is 41.7 Å². The van der Waals surface area contributed by atoms with Crippen molar-refractivity contribution in [3.8, 4) is 0 Å². The summed E-state index contributed by atoms with van der Waals surface area (Å²) < 4.78 is 24.4. The Morgan fingerprint density at radius 2 is 1.86 bits per heavy atom. The highest BCUT2D eigenvalue weighted by molar-refractivity contribution is 14.0. The monoisotopic (exact) mass is 535 g/mol. The van der Waals surface area contributed by atoms with Crippen molar-refractivity contribution >= 4 is 39.8 Å². The van der Waals surface area contributed by atoms with Crippen molar-refractivity contribution in [2.45, 2.75) is 31.7 Å². The lowest BCUT2D eigenvalue weighted by Crippen LogP contribution is -2.44. The van der Waals surface area contributed by atoms with Crippen LogP contribution in [0.25, 0.3) is 0 Å².